The van der Waals surface area contributed by atoms with Gasteiger partial charge < -0.3 is 0 Å². The van der Waals surface area contributed by atoms with Crippen molar-refractivity contribution in [1.82, 2.24) is 19.9 Å². The van der Waals surface area contributed by atoms with Gasteiger partial charge in [-0.15, -0.1) is 0 Å². The maximum atomic E-state index is 5.27. The van der Waals surface area contributed by atoms with E-state index in [9.17, 15) is 0 Å². The monoisotopic (exact) mass is 1880 g/mol. The zero-order chi connectivity index (χ0) is 98.2. The summed E-state index contributed by atoms with van der Waals surface area (Å²) in [6, 6.07) is 198. The quantitative estimate of drug-likeness (QED) is 0.0903. The first-order chi connectivity index (χ1) is 73.4. The van der Waals surface area contributed by atoms with E-state index >= 15 is 0 Å². The first kappa shape index (κ1) is 88.6. The highest BCUT2D eigenvalue weighted by Crippen LogP contribution is 2.50. The summed E-state index contributed by atoms with van der Waals surface area (Å²) in [5, 5.41) is 32.7. The highest BCUT2D eigenvalue weighted by molar-refractivity contribution is 6.26. The zero-order valence-corrected chi connectivity index (χ0v) is 81.1. The van der Waals surface area contributed by atoms with Crippen molar-refractivity contribution in [2.24, 2.45) is 0 Å². The van der Waals surface area contributed by atoms with E-state index in [-0.39, 0.29) is 0 Å². The molecule has 26 aromatic carbocycles. The number of nitrogens with zero attached hydrogens (tertiary/aromatic N) is 4. The van der Waals surface area contributed by atoms with E-state index in [1.165, 1.54) is 223 Å². The molecule has 4 nitrogen and oxygen atoms in total. The molecule has 0 fully saturated rings. The molecular weight excluding hydrogens is 1790 g/mol. The normalized spacial score (nSPS) is 11.4. The summed E-state index contributed by atoms with van der Waals surface area (Å²) in [6.07, 6.45) is 5.55. The average Bonchev–Trinajstić information content (AvgIpc) is 0.731. The third kappa shape index (κ3) is 16.7. The molecule has 0 amide bonds. The van der Waals surface area contributed by atoms with Crippen LogP contribution in [0.2, 0.25) is 0 Å². The molecule has 0 bridgehead atoms. The highest BCUT2D eigenvalue weighted by atomic mass is 14.9. The number of aromatic nitrogens is 4. The summed E-state index contributed by atoms with van der Waals surface area (Å²) in [5.41, 5.74) is 27.0. The predicted octanol–water partition coefficient (Wildman–Crippen LogP) is 39.3. The second-order valence-electron chi connectivity index (χ2n) is 37.9. The summed E-state index contributed by atoms with van der Waals surface area (Å²) in [6.45, 7) is 0. The van der Waals surface area contributed by atoms with Gasteiger partial charge in [-0.1, -0.05) is 504 Å². The third-order valence-electron chi connectivity index (χ3n) is 29.4. The summed E-state index contributed by atoms with van der Waals surface area (Å²) in [4.78, 5) is 19.4. The molecule has 29 aromatic rings. The molecule has 4 heteroatoms. The Kier molecular flexibility index (Phi) is 23.4. The Morgan fingerprint density at radius 1 is 0.122 bits per heavy atom. The lowest BCUT2D eigenvalue weighted by Gasteiger charge is -2.18. The van der Waals surface area contributed by atoms with Crippen molar-refractivity contribution in [3.63, 3.8) is 0 Å². The number of hydrogen-bond donors (Lipinski definition) is 0. The largest absolute Gasteiger partial charge is 0.264 e. The first-order valence-corrected chi connectivity index (χ1v) is 50.7. The lowest BCUT2D eigenvalue weighted by atomic mass is 9.85. The molecule has 29 rings (SSSR count). The van der Waals surface area contributed by atoms with Crippen LogP contribution in [0.3, 0.4) is 0 Å². The minimum absolute atomic E-state index is 0.689. The number of pyridine rings is 2. The van der Waals surface area contributed by atoms with Gasteiger partial charge in [0.25, 0.3) is 0 Å². The van der Waals surface area contributed by atoms with Gasteiger partial charge in [-0.05, 0) is 278 Å². The molecule has 690 valence electrons. The molecule has 3 aromatic heterocycles. The molecule has 0 unspecified atom stereocenters. The van der Waals surface area contributed by atoms with Crippen molar-refractivity contribution in [3.05, 3.63) is 571 Å². The number of rotatable bonds is 12. The van der Waals surface area contributed by atoms with Crippen molar-refractivity contribution in [2.75, 3.05) is 0 Å². The maximum absolute atomic E-state index is 5.27. The molecular formula is C144H94N4. The first-order valence-electron chi connectivity index (χ1n) is 50.7. The fourth-order valence-corrected chi connectivity index (χ4v) is 22.5. The SMILES string of the molecule is c1ccc(-c2c3ccccc3c(-c3ccc(-c4cccc5ccccc45)cc3)c3ccccc23)cc1.c1ccc(-c2c3ccccc3c(-c3ccc4ccccc4c3)c3ccccc23)cc1.c1ccc(-c2ccc(-c3nc(-c4cc5ccccc5c5ccccc45)cc(-c4cc5ccccc5c5ccccc45)n3)cc2)nc1.c1cncc(-c2ccc(-c3c4ccccc4c(-c4ccc5ccccc5c4)c4ccccc34)cc2)c1. The molecule has 0 N–H and O–H groups in total. The Morgan fingerprint density at radius 2 is 0.412 bits per heavy atom. The van der Waals surface area contributed by atoms with Crippen LogP contribution in [0, 0.1) is 0 Å². The van der Waals surface area contributed by atoms with Gasteiger partial charge in [-0.2, -0.15) is 0 Å². The topological polar surface area (TPSA) is 51.6 Å². The van der Waals surface area contributed by atoms with Crippen LogP contribution in [-0.2, 0) is 0 Å². The standard InChI is InChI=1S/C43H27N3.C36H24.C35H23N.C30H20/c1-3-13-32-30(11-1)25-38(36-17-7-5-15-34(32)36)41-27-42(39-26-31-12-2-4-14-33(31)35-16-6-8-18-37(35)39)46-43(45-41)29-22-20-28(21-23-29)40-19-9-10-24-44-40;1-2-12-27(13-3-1)35-31-16-6-8-18-33(31)36(34-19-9-7-17-32(34)35)28-23-21-26(22-24-28)30-20-10-14-25-11-4-5-15-29(25)30;1-2-9-27-22-28(20-17-24(27)8-1)35-32-13-5-3-11-30(32)34(31-12-4-6-14-33(31)35)26-18-15-25(16-19-26)29-10-7-21-36-23-29;1-2-11-22(12-3-1)29-25-14-6-8-16-27(25)30(28-17-9-7-15-26(28)29)24-19-18-21-10-4-5-13-23(21)20-24/h1-27H;1-24H;1-23H;1-20H. The van der Waals surface area contributed by atoms with Crippen molar-refractivity contribution in [1.29, 1.82) is 0 Å². The van der Waals surface area contributed by atoms with E-state index in [0.29, 0.717) is 5.82 Å². The summed E-state index contributed by atoms with van der Waals surface area (Å²) in [7, 11) is 0. The fraction of sp³-hybridized carbons (Fsp3) is 0. The van der Waals surface area contributed by atoms with Gasteiger partial charge in [0.15, 0.2) is 5.82 Å². The van der Waals surface area contributed by atoms with Crippen LogP contribution in [0.5, 0.6) is 0 Å². The summed E-state index contributed by atoms with van der Waals surface area (Å²) >= 11 is 0. The fourth-order valence-electron chi connectivity index (χ4n) is 22.5. The van der Waals surface area contributed by atoms with Crippen molar-refractivity contribution in [2.45, 2.75) is 0 Å². The van der Waals surface area contributed by atoms with Crippen LogP contribution in [0.25, 0.3) is 274 Å². The van der Waals surface area contributed by atoms with Gasteiger partial charge in [-0.25, -0.2) is 9.97 Å². The Hall–Kier alpha value is -19.5. The van der Waals surface area contributed by atoms with Gasteiger partial charge in [0, 0.05) is 40.8 Å². The minimum Gasteiger partial charge on any atom is -0.264 e. The summed E-state index contributed by atoms with van der Waals surface area (Å²) in [5.74, 6) is 0.689. The second kappa shape index (κ2) is 39.1. The van der Waals surface area contributed by atoms with E-state index in [2.05, 4.69) is 538 Å². The predicted molar refractivity (Wildman–Crippen MR) is 630 cm³/mol. The zero-order valence-electron chi connectivity index (χ0n) is 81.1. The van der Waals surface area contributed by atoms with E-state index in [1.54, 1.807) is 0 Å². The Labute approximate surface area is 858 Å². The van der Waals surface area contributed by atoms with Crippen LogP contribution in [0.1, 0.15) is 0 Å². The molecule has 0 radical (unpaired) electrons. The third-order valence-corrected chi connectivity index (χ3v) is 29.4. The van der Waals surface area contributed by atoms with Crippen molar-refractivity contribution < 1.29 is 0 Å². The Bertz CT molecular complexity index is 9820. The van der Waals surface area contributed by atoms with Crippen molar-refractivity contribution in [3.8, 4) is 134 Å². The number of fused-ring (bicyclic) bond motifs is 15. The molecule has 148 heavy (non-hydrogen) atoms. The molecule has 0 aliphatic rings. The van der Waals surface area contributed by atoms with Crippen molar-refractivity contribution >= 4 is 140 Å². The lowest BCUT2D eigenvalue weighted by molar-refractivity contribution is 1.19. The smallest absolute Gasteiger partial charge is 0.160 e. The molecule has 0 saturated heterocycles. The van der Waals surface area contributed by atoms with Gasteiger partial charge in [-0.3, -0.25) is 9.97 Å². The number of benzene rings is 26. The molecule has 3 heterocycles. The Morgan fingerprint density at radius 3 is 0.804 bits per heavy atom. The minimum atomic E-state index is 0.689. The van der Waals surface area contributed by atoms with E-state index in [4.69, 9.17) is 9.97 Å². The Balaban J connectivity index is 0.000000101. The number of hydrogen-bond acceptors (Lipinski definition) is 4. The van der Waals surface area contributed by atoms with Crippen LogP contribution in [-0.4, -0.2) is 19.9 Å². The van der Waals surface area contributed by atoms with Gasteiger partial charge in [0.1, 0.15) is 0 Å². The second-order valence-corrected chi connectivity index (χ2v) is 37.9. The van der Waals surface area contributed by atoms with Crippen LogP contribution < -0.4 is 0 Å². The molecule has 0 atom stereocenters. The average molecular weight is 1880 g/mol. The molecule has 0 saturated carbocycles. The lowest BCUT2D eigenvalue weighted by Crippen LogP contribution is -1.97. The molecule has 0 aliphatic carbocycles. The van der Waals surface area contributed by atoms with E-state index < -0.39 is 0 Å². The van der Waals surface area contributed by atoms with E-state index in [1.807, 2.05) is 42.9 Å². The molecule has 0 aliphatic heterocycles. The highest BCUT2D eigenvalue weighted by Gasteiger charge is 2.24. The van der Waals surface area contributed by atoms with Gasteiger partial charge in [0.2, 0.25) is 0 Å². The van der Waals surface area contributed by atoms with Crippen LogP contribution in [0.15, 0.2) is 571 Å². The summed E-state index contributed by atoms with van der Waals surface area (Å²) < 4.78 is 0. The van der Waals surface area contributed by atoms with Crippen LogP contribution in [0.4, 0.5) is 0 Å². The van der Waals surface area contributed by atoms with Gasteiger partial charge in [0.05, 0.1) is 17.1 Å². The van der Waals surface area contributed by atoms with E-state index in [0.717, 1.165) is 44.9 Å². The molecule has 0 spiro atoms. The van der Waals surface area contributed by atoms with Gasteiger partial charge >= 0.3 is 0 Å². The maximum Gasteiger partial charge on any atom is 0.160 e. The van der Waals surface area contributed by atoms with Crippen LogP contribution >= 0.6 is 0 Å².